The van der Waals surface area contributed by atoms with Crippen LogP contribution in [0.1, 0.15) is 0 Å². The Morgan fingerprint density at radius 3 is 3.00 bits per heavy atom. The molecule has 0 bridgehead atoms. The molecule has 1 aromatic heterocycles. The first-order valence-electron chi connectivity index (χ1n) is 3.90. The zero-order valence-electron chi connectivity index (χ0n) is 6.60. The lowest BCUT2D eigenvalue weighted by molar-refractivity contribution is 0.798. The van der Waals surface area contributed by atoms with Crippen LogP contribution in [-0.4, -0.2) is 15.3 Å². The van der Waals surface area contributed by atoms with E-state index in [1.165, 1.54) is 5.52 Å². The van der Waals surface area contributed by atoms with Crippen LogP contribution in [0.15, 0.2) is 30.6 Å². The average Bonchev–Trinajstić information content (AvgIpc) is 2.50. The smallest absolute Gasteiger partial charge is 0.0958 e. The van der Waals surface area contributed by atoms with Crippen LogP contribution in [0.4, 0.5) is 0 Å². The monoisotopic (exact) mass is 177 g/mol. The maximum absolute atomic E-state index is 4.91. The summed E-state index contributed by atoms with van der Waals surface area (Å²) in [5.74, 6) is 0.736. The van der Waals surface area contributed by atoms with E-state index in [0.29, 0.717) is 0 Å². The molecule has 2 nitrogen and oxygen atoms in total. The van der Waals surface area contributed by atoms with Gasteiger partial charge < -0.3 is 4.57 Å². The van der Waals surface area contributed by atoms with E-state index >= 15 is 0 Å². The van der Waals surface area contributed by atoms with Crippen molar-refractivity contribution >= 4 is 23.7 Å². The second kappa shape index (κ2) is 3.19. The fraction of sp³-hybridized carbons (Fsp3) is 0.222. The molecule has 0 amide bonds. The van der Waals surface area contributed by atoms with Crippen LogP contribution in [0, 0.1) is 0 Å². The molecule has 0 unspecified atom stereocenters. The van der Waals surface area contributed by atoms with Gasteiger partial charge in [-0.25, -0.2) is 4.98 Å². The first-order chi connectivity index (χ1) is 5.92. The topological polar surface area (TPSA) is 17.8 Å². The molecule has 12 heavy (non-hydrogen) atoms. The molecule has 61 valence electrons. The summed E-state index contributed by atoms with van der Waals surface area (Å²) in [6.45, 7) is 0.871. The van der Waals surface area contributed by atoms with E-state index in [4.69, 9.17) is 12.6 Å². The summed E-state index contributed by atoms with van der Waals surface area (Å²) in [4.78, 5) is 4.25. The van der Waals surface area contributed by atoms with Crippen molar-refractivity contribution < 1.29 is 0 Å². The Morgan fingerprint density at radius 2 is 2.17 bits per heavy atom. The number of benzene rings is 1. The van der Waals surface area contributed by atoms with Crippen molar-refractivity contribution in [2.75, 3.05) is 5.75 Å². The highest BCUT2D eigenvalue weighted by atomic mass is 32.1. The highest BCUT2D eigenvalue weighted by molar-refractivity contribution is 7.80. The van der Waals surface area contributed by atoms with E-state index < -0.39 is 0 Å². The summed E-state index contributed by atoms with van der Waals surface area (Å²) in [5, 5.41) is 0. The minimum absolute atomic E-state index is 0.736. The van der Waals surface area contributed by atoms with E-state index in [1.807, 2.05) is 24.5 Å². The summed E-state index contributed by atoms with van der Waals surface area (Å²) < 4.78 is 2.09. The summed E-state index contributed by atoms with van der Waals surface area (Å²) in [6, 6.07) is 8.08. The molecule has 0 saturated heterocycles. The standard InChI is InChI=1S/C9H9N2S/c12-6-5-11-7-10-8-3-1-2-4-9(8)11/h1-4,7H,5-6H2. The third-order valence-electron chi connectivity index (χ3n) is 1.86. The summed E-state index contributed by atoms with van der Waals surface area (Å²) >= 11 is 4.91. The Kier molecular flexibility index (Phi) is 2.04. The number of fused-ring (bicyclic) bond motifs is 1. The third-order valence-corrected chi connectivity index (χ3v) is 2.04. The van der Waals surface area contributed by atoms with Crippen molar-refractivity contribution in [3.05, 3.63) is 30.6 Å². The molecular weight excluding hydrogens is 168 g/mol. The van der Waals surface area contributed by atoms with Crippen LogP contribution in [0.25, 0.3) is 11.0 Å². The van der Waals surface area contributed by atoms with Crippen molar-refractivity contribution in [3.63, 3.8) is 0 Å². The summed E-state index contributed by atoms with van der Waals surface area (Å²) in [6.07, 6.45) is 1.84. The number of aromatic nitrogens is 2. The Morgan fingerprint density at radius 1 is 1.33 bits per heavy atom. The van der Waals surface area contributed by atoms with Gasteiger partial charge in [-0.3, -0.25) is 0 Å². The molecule has 2 aromatic rings. The average molecular weight is 177 g/mol. The van der Waals surface area contributed by atoms with Gasteiger partial charge >= 0.3 is 0 Å². The SMILES string of the molecule is [S]CCn1cnc2ccccc21. The Labute approximate surface area is 76.6 Å². The molecule has 0 N–H and O–H groups in total. The van der Waals surface area contributed by atoms with E-state index in [9.17, 15) is 0 Å². The quantitative estimate of drug-likeness (QED) is 0.687. The highest BCUT2D eigenvalue weighted by Gasteiger charge is 1.98. The second-order valence-corrected chi connectivity index (χ2v) is 3.04. The molecule has 0 spiro atoms. The number of para-hydroxylation sites is 2. The van der Waals surface area contributed by atoms with E-state index in [0.717, 1.165) is 17.8 Å². The Bertz CT molecular complexity index is 381. The van der Waals surface area contributed by atoms with Gasteiger partial charge in [-0.2, -0.15) is 0 Å². The van der Waals surface area contributed by atoms with Gasteiger partial charge in [-0.15, -0.1) is 0 Å². The predicted molar refractivity (Wildman–Crippen MR) is 52.2 cm³/mol. The van der Waals surface area contributed by atoms with Gasteiger partial charge in [-0.1, -0.05) is 24.8 Å². The van der Waals surface area contributed by atoms with Crippen molar-refractivity contribution in [3.8, 4) is 0 Å². The Hall–Kier alpha value is -0.960. The number of aryl methyl sites for hydroxylation is 1. The third kappa shape index (κ3) is 1.20. The molecular formula is C9H9N2S. The largest absolute Gasteiger partial charge is 0.330 e. The van der Waals surface area contributed by atoms with Gasteiger partial charge in [0.2, 0.25) is 0 Å². The van der Waals surface area contributed by atoms with E-state index in [2.05, 4.69) is 15.6 Å². The second-order valence-electron chi connectivity index (χ2n) is 2.63. The van der Waals surface area contributed by atoms with Gasteiger partial charge in [0.05, 0.1) is 17.4 Å². The number of nitrogens with zero attached hydrogens (tertiary/aromatic N) is 2. The van der Waals surface area contributed by atoms with Gasteiger partial charge in [0.15, 0.2) is 0 Å². The van der Waals surface area contributed by atoms with Crippen LogP contribution >= 0.6 is 12.6 Å². The lowest BCUT2D eigenvalue weighted by Gasteiger charge is -1.98. The fourth-order valence-electron chi connectivity index (χ4n) is 1.29. The Balaban J connectivity index is 2.55. The highest BCUT2D eigenvalue weighted by Crippen LogP contribution is 2.11. The van der Waals surface area contributed by atoms with Crippen LogP contribution < -0.4 is 0 Å². The zero-order valence-corrected chi connectivity index (χ0v) is 7.42. The lowest BCUT2D eigenvalue weighted by Crippen LogP contribution is -1.95. The number of hydrogen-bond donors (Lipinski definition) is 0. The zero-order chi connectivity index (χ0) is 8.39. The predicted octanol–water partition coefficient (Wildman–Crippen LogP) is 2.23. The molecule has 2 rings (SSSR count). The fourth-order valence-corrected chi connectivity index (χ4v) is 1.48. The normalized spacial score (nSPS) is 10.8. The lowest BCUT2D eigenvalue weighted by atomic mass is 10.3. The maximum atomic E-state index is 4.91. The molecule has 0 atom stereocenters. The number of rotatable bonds is 2. The minimum Gasteiger partial charge on any atom is -0.330 e. The van der Waals surface area contributed by atoms with Crippen molar-refractivity contribution in [1.29, 1.82) is 0 Å². The van der Waals surface area contributed by atoms with Crippen LogP contribution in [0.3, 0.4) is 0 Å². The molecule has 1 heterocycles. The molecule has 1 radical (unpaired) electrons. The number of hydrogen-bond acceptors (Lipinski definition) is 1. The van der Waals surface area contributed by atoms with E-state index in [1.54, 1.807) is 0 Å². The van der Waals surface area contributed by atoms with Crippen molar-refractivity contribution in [1.82, 2.24) is 9.55 Å². The minimum atomic E-state index is 0.736. The molecule has 1 aromatic carbocycles. The first-order valence-corrected chi connectivity index (χ1v) is 4.47. The molecule has 0 fully saturated rings. The van der Waals surface area contributed by atoms with Crippen LogP contribution in [-0.2, 0) is 6.54 Å². The maximum Gasteiger partial charge on any atom is 0.0958 e. The first kappa shape index (κ1) is 7.68. The van der Waals surface area contributed by atoms with E-state index in [-0.39, 0.29) is 0 Å². The van der Waals surface area contributed by atoms with Gasteiger partial charge in [0.25, 0.3) is 0 Å². The van der Waals surface area contributed by atoms with Gasteiger partial charge in [0, 0.05) is 12.3 Å². The van der Waals surface area contributed by atoms with Crippen LogP contribution in [0.5, 0.6) is 0 Å². The van der Waals surface area contributed by atoms with Crippen molar-refractivity contribution in [2.24, 2.45) is 0 Å². The summed E-state index contributed by atoms with van der Waals surface area (Å²) in [7, 11) is 0. The molecule has 0 aliphatic heterocycles. The number of imidazole rings is 1. The van der Waals surface area contributed by atoms with Crippen LogP contribution in [0.2, 0.25) is 0 Å². The van der Waals surface area contributed by atoms with Crippen molar-refractivity contribution in [2.45, 2.75) is 6.54 Å². The molecule has 0 aliphatic carbocycles. The molecule has 0 aliphatic rings. The molecule has 3 heteroatoms. The molecule has 0 saturated carbocycles. The van der Waals surface area contributed by atoms with Gasteiger partial charge in [-0.05, 0) is 12.1 Å². The van der Waals surface area contributed by atoms with Gasteiger partial charge in [0.1, 0.15) is 0 Å². The summed E-state index contributed by atoms with van der Waals surface area (Å²) in [5.41, 5.74) is 2.21.